The van der Waals surface area contributed by atoms with E-state index in [0.717, 1.165) is 44.0 Å². The minimum Gasteiger partial charge on any atom is -0.367 e. The molecule has 2 aliphatic rings. The Kier molecular flexibility index (Phi) is 5.24. The number of likely N-dealkylation sites (tertiary alicyclic amines) is 1. The molecule has 7 nitrogen and oxygen atoms in total. The molecule has 2 aromatic rings. The fraction of sp³-hybridized carbons (Fsp3) is 0.579. The lowest BCUT2D eigenvalue weighted by atomic mass is 10.0. The number of aromatic nitrogens is 4. The molecule has 0 bridgehead atoms. The molecule has 1 fully saturated rings. The average Bonchev–Trinajstić information content (AvgIpc) is 3.14. The van der Waals surface area contributed by atoms with Gasteiger partial charge in [-0.3, -0.25) is 9.69 Å². The molecule has 0 radical (unpaired) electrons. The lowest BCUT2D eigenvalue weighted by molar-refractivity contribution is 0.148. The fourth-order valence-electron chi connectivity index (χ4n) is 4.00. The number of anilines is 1. The summed E-state index contributed by atoms with van der Waals surface area (Å²) in [4.78, 5) is 14.3. The second kappa shape index (κ2) is 7.95. The second-order valence-corrected chi connectivity index (χ2v) is 7.21. The van der Waals surface area contributed by atoms with Crippen molar-refractivity contribution < 1.29 is 0 Å². The molecule has 7 heteroatoms. The third-order valence-corrected chi connectivity index (χ3v) is 5.47. The highest BCUT2D eigenvalue weighted by Gasteiger charge is 2.22. The first-order valence-electron chi connectivity index (χ1n) is 9.65. The van der Waals surface area contributed by atoms with E-state index >= 15 is 0 Å². The second-order valence-electron chi connectivity index (χ2n) is 7.21. The molecule has 1 unspecified atom stereocenters. The van der Waals surface area contributed by atoms with Gasteiger partial charge in [0.15, 0.2) is 0 Å². The molecule has 1 aliphatic carbocycles. The summed E-state index contributed by atoms with van der Waals surface area (Å²) >= 11 is 0. The summed E-state index contributed by atoms with van der Waals surface area (Å²) in [6, 6.07) is 5.87. The summed E-state index contributed by atoms with van der Waals surface area (Å²) in [5.41, 5.74) is 2.47. The lowest BCUT2D eigenvalue weighted by Gasteiger charge is -2.35. The van der Waals surface area contributed by atoms with Crippen molar-refractivity contribution in [3.8, 4) is 0 Å². The van der Waals surface area contributed by atoms with Crippen LogP contribution in [-0.2, 0) is 19.4 Å². The van der Waals surface area contributed by atoms with Crippen molar-refractivity contribution in [1.29, 1.82) is 0 Å². The third-order valence-electron chi connectivity index (χ3n) is 5.47. The van der Waals surface area contributed by atoms with Crippen LogP contribution < -0.4 is 10.9 Å². The van der Waals surface area contributed by atoms with Gasteiger partial charge in [-0.25, -0.2) is 4.68 Å². The van der Waals surface area contributed by atoms with Crippen molar-refractivity contribution in [2.45, 2.75) is 51.1 Å². The molecular weight excluding hydrogens is 328 g/mol. The lowest BCUT2D eigenvalue weighted by Crippen LogP contribution is -2.45. The van der Waals surface area contributed by atoms with Gasteiger partial charge < -0.3 is 5.32 Å². The Morgan fingerprint density at radius 3 is 3.04 bits per heavy atom. The van der Waals surface area contributed by atoms with Crippen LogP contribution in [0.25, 0.3) is 0 Å². The zero-order valence-corrected chi connectivity index (χ0v) is 15.1. The van der Waals surface area contributed by atoms with E-state index in [1.54, 1.807) is 23.0 Å². The number of fused-ring (bicyclic) bond motifs is 1. The number of aryl methyl sites for hydroxylation is 2. The maximum Gasteiger partial charge on any atom is 0.266 e. The highest BCUT2D eigenvalue weighted by molar-refractivity contribution is 5.40. The van der Waals surface area contributed by atoms with E-state index < -0.39 is 0 Å². The van der Waals surface area contributed by atoms with Crippen LogP contribution in [0.15, 0.2) is 29.2 Å². The molecular formula is C19H26N6O. The van der Waals surface area contributed by atoms with Gasteiger partial charge in [-0.15, -0.1) is 5.10 Å². The highest BCUT2D eigenvalue weighted by atomic mass is 16.1. The molecule has 4 rings (SSSR count). The van der Waals surface area contributed by atoms with Crippen LogP contribution in [-0.4, -0.2) is 50.6 Å². The molecule has 0 amide bonds. The van der Waals surface area contributed by atoms with Crippen LogP contribution in [0.5, 0.6) is 0 Å². The van der Waals surface area contributed by atoms with Gasteiger partial charge in [-0.1, -0.05) is 6.42 Å². The summed E-state index contributed by atoms with van der Waals surface area (Å²) in [6.07, 6.45) is 8.68. The van der Waals surface area contributed by atoms with Crippen LogP contribution in [0.3, 0.4) is 0 Å². The number of hydrogen-bond donors (Lipinski definition) is 1. The molecule has 0 spiro atoms. The Morgan fingerprint density at radius 2 is 2.12 bits per heavy atom. The zero-order valence-electron chi connectivity index (χ0n) is 15.1. The fourth-order valence-corrected chi connectivity index (χ4v) is 4.00. The third kappa shape index (κ3) is 3.93. The highest BCUT2D eigenvalue weighted by Crippen LogP contribution is 2.22. The maximum absolute atomic E-state index is 11.8. The van der Waals surface area contributed by atoms with Crippen LogP contribution in [0.4, 0.5) is 5.82 Å². The van der Waals surface area contributed by atoms with E-state index in [1.807, 2.05) is 0 Å². The molecule has 0 saturated carbocycles. The molecule has 138 valence electrons. The van der Waals surface area contributed by atoms with Gasteiger partial charge in [0.25, 0.3) is 5.56 Å². The van der Waals surface area contributed by atoms with Crippen LogP contribution >= 0.6 is 0 Å². The van der Waals surface area contributed by atoms with Gasteiger partial charge in [-0.05, 0) is 56.3 Å². The number of rotatable bonds is 6. The van der Waals surface area contributed by atoms with Crippen LogP contribution in [0.1, 0.15) is 36.9 Å². The topological polar surface area (TPSA) is 75.9 Å². The van der Waals surface area contributed by atoms with Crippen molar-refractivity contribution in [2.24, 2.45) is 0 Å². The number of hydrogen-bond acceptors (Lipinski definition) is 6. The van der Waals surface area contributed by atoms with Gasteiger partial charge in [-0.2, -0.15) is 10.2 Å². The molecule has 2 aromatic heterocycles. The normalized spacial score (nSPS) is 20.1. The molecule has 1 atom stereocenters. The van der Waals surface area contributed by atoms with E-state index in [1.165, 1.54) is 31.2 Å². The van der Waals surface area contributed by atoms with Gasteiger partial charge in [0.2, 0.25) is 0 Å². The first kappa shape index (κ1) is 17.1. The minimum atomic E-state index is -0.0346. The van der Waals surface area contributed by atoms with Gasteiger partial charge in [0.1, 0.15) is 5.82 Å². The van der Waals surface area contributed by atoms with Crippen molar-refractivity contribution in [1.82, 2.24) is 24.9 Å². The molecule has 1 N–H and O–H groups in total. The van der Waals surface area contributed by atoms with Crippen LogP contribution in [0.2, 0.25) is 0 Å². The molecule has 1 aliphatic heterocycles. The first-order valence-corrected chi connectivity index (χ1v) is 9.65. The number of nitrogens with zero attached hydrogens (tertiary/aromatic N) is 5. The first-order chi connectivity index (χ1) is 12.8. The van der Waals surface area contributed by atoms with Gasteiger partial charge >= 0.3 is 0 Å². The SMILES string of the molecule is O=c1cccnn1CCN1CCCCC1CNc1cc2c(nn1)CCC2. The Labute approximate surface area is 153 Å². The van der Waals surface area contributed by atoms with Gasteiger partial charge in [0.05, 0.1) is 12.2 Å². The average molecular weight is 354 g/mol. The largest absolute Gasteiger partial charge is 0.367 e. The predicted octanol–water partition coefficient (Wildman–Crippen LogP) is 1.49. The molecule has 3 heterocycles. The van der Waals surface area contributed by atoms with Crippen molar-refractivity contribution in [2.75, 3.05) is 25.0 Å². The predicted molar refractivity (Wildman–Crippen MR) is 100 cm³/mol. The van der Waals surface area contributed by atoms with E-state index in [4.69, 9.17) is 0 Å². The monoisotopic (exact) mass is 354 g/mol. The Balaban J connectivity index is 1.35. The van der Waals surface area contributed by atoms with Crippen molar-refractivity contribution in [3.63, 3.8) is 0 Å². The zero-order chi connectivity index (χ0) is 17.8. The summed E-state index contributed by atoms with van der Waals surface area (Å²) < 4.78 is 1.55. The number of piperidine rings is 1. The van der Waals surface area contributed by atoms with Crippen molar-refractivity contribution in [3.05, 3.63) is 46.0 Å². The quantitative estimate of drug-likeness (QED) is 0.847. The van der Waals surface area contributed by atoms with Crippen LogP contribution in [0, 0.1) is 0 Å². The molecule has 1 saturated heterocycles. The van der Waals surface area contributed by atoms with E-state index in [-0.39, 0.29) is 5.56 Å². The van der Waals surface area contributed by atoms with Gasteiger partial charge in [0, 0.05) is 31.4 Å². The Morgan fingerprint density at radius 1 is 1.15 bits per heavy atom. The molecule has 26 heavy (non-hydrogen) atoms. The summed E-state index contributed by atoms with van der Waals surface area (Å²) in [7, 11) is 0. The molecule has 0 aromatic carbocycles. The standard InChI is InChI=1S/C19H26N6O/c26-19-8-4-9-21-25(19)12-11-24-10-2-1-6-16(24)14-20-18-13-15-5-3-7-17(15)22-23-18/h4,8-9,13,16H,1-3,5-7,10-12,14H2,(H,20,23). The van der Waals surface area contributed by atoms with E-state index in [2.05, 4.69) is 31.6 Å². The van der Waals surface area contributed by atoms with E-state index in [0.29, 0.717) is 12.6 Å². The Hall–Kier alpha value is -2.28. The maximum atomic E-state index is 11.8. The minimum absolute atomic E-state index is 0.0346. The summed E-state index contributed by atoms with van der Waals surface area (Å²) in [5.74, 6) is 0.886. The summed E-state index contributed by atoms with van der Waals surface area (Å²) in [5, 5.41) is 16.3. The van der Waals surface area contributed by atoms with E-state index in [9.17, 15) is 4.79 Å². The van der Waals surface area contributed by atoms with Crippen molar-refractivity contribution >= 4 is 5.82 Å². The summed E-state index contributed by atoms with van der Waals surface area (Å²) in [6.45, 7) is 3.42. The Bertz CT molecular complexity index is 805. The smallest absolute Gasteiger partial charge is 0.266 e. The number of nitrogens with one attached hydrogen (secondary N) is 1.